The van der Waals surface area contributed by atoms with Crippen LogP contribution in [0.3, 0.4) is 0 Å². The molecule has 10 nitrogen and oxygen atoms in total. The minimum Gasteiger partial charge on any atom is -0.398 e. The number of anilines is 2. The number of hydrogen-bond donors (Lipinski definition) is 3. The summed E-state index contributed by atoms with van der Waals surface area (Å²) in [7, 11) is 0. The Labute approximate surface area is 289 Å². The van der Waals surface area contributed by atoms with Gasteiger partial charge < -0.3 is 31.1 Å². The summed E-state index contributed by atoms with van der Waals surface area (Å²) < 4.78 is 83.1. The van der Waals surface area contributed by atoms with E-state index < -0.39 is 53.3 Å². The molecule has 50 heavy (non-hydrogen) atoms. The van der Waals surface area contributed by atoms with Crippen LogP contribution in [0.4, 0.5) is 42.5 Å². The lowest BCUT2D eigenvalue weighted by molar-refractivity contribution is -0.143. The van der Waals surface area contributed by atoms with Crippen molar-refractivity contribution in [3.63, 3.8) is 0 Å². The van der Waals surface area contributed by atoms with Crippen LogP contribution in [0.2, 0.25) is 0 Å². The molecule has 0 saturated carbocycles. The number of thiophene rings is 1. The van der Waals surface area contributed by atoms with Crippen LogP contribution in [0.5, 0.6) is 0 Å². The number of rotatable bonds is 7. The van der Waals surface area contributed by atoms with Gasteiger partial charge >= 0.3 is 18.4 Å². The lowest BCUT2D eigenvalue weighted by Gasteiger charge is -2.42. The Morgan fingerprint density at radius 3 is 2.08 bits per heavy atom. The van der Waals surface area contributed by atoms with Gasteiger partial charge in [0.15, 0.2) is 0 Å². The van der Waals surface area contributed by atoms with Gasteiger partial charge in [-0.05, 0) is 68.3 Å². The third kappa shape index (κ3) is 7.99. The van der Waals surface area contributed by atoms with Gasteiger partial charge in [-0.1, -0.05) is 0 Å². The third-order valence-corrected chi connectivity index (χ3v) is 11.2. The molecule has 17 heteroatoms. The highest BCUT2D eigenvalue weighted by molar-refractivity contribution is 7.08. The second-order valence-electron chi connectivity index (χ2n) is 13.5. The summed E-state index contributed by atoms with van der Waals surface area (Å²) in [6, 6.07) is 1.13. The molecule has 4 amide bonds. The largest absolute Gasteiger partial charge is 0.418 e. The van der Waals surface area contributed by atoms with Crippen LogP contribution < -0.4 is 16.4 Å². The number of halogens is 6. The first-order valence-corrected chi connectivity index (χ1v) is 17.8. The number of nitrogens with zero attached hydrogens (tertiary/aromatic N) is 4. The van der Waals surface area contributed by atoms with E-state index in [1.807, 2.05) is 10.8 Å². The second-order valence-corrected chi connectivity index (χ2v) is 14.3. The van der Waals surface area contributed by atoms with E-state index >= 15 is 0 Å². The lowest BCUT2D eigenvalue weighted by Crippen LogP contribution is -2.55. The molecule has 274 valence electrons. The minimum atomic E-state index is -5.17. The van der Waals surface area contributed by atoms with Gasteiger partial charge in [0.2, 0.25) is 11.8 Å². The van der Waals surface area contributed by atoms with Gasteiger partial charge in [-0.2, -0.15) is 26.3 Å². The first-order valence-electron chi connectivity index (χ1n) is 16.9. The monoisotopic (exact) mass is 729 g/mol. The molecular weight excluding hydrogens is 688 g/mol. The molecule has 1 atom stereocenters. The van der Waals surface area contributed by atoms with Crippen molar-refractivity contribution < 1.29 is 40.7 Å². The number of urea groups is 1. The number of carbonyl (C=O) groups excluding carboxylic acids is 3. The number of likely N-dealkylation sites (tertiary alicyclic amines) is 1. The zero-order chi connectivity index (χ0) is 35.8. The Morgan fingerprint density at radius 2 is 1.48 bits per heavy atom. The molecule has 1 aromatic carbocycles. The standard InChI is InChI=1S/C33H41F6N7O3S/c34-32(35,36)25-14-20(15-26(29(25)40)33(37,38)39)13-21(30(48)45-11-9-43(10-12-45)23-1-5-41-6-2-23)16-28(47)44-7-3-24(4-8-44)46-17-22-18-50-19-27(22)42-31(46)49/h14-15,18-19,21,23-24,41H,1-13,16-17,40H2,(H,42,49)/t21-/m0/s1. The number of nitrogen functional groups attached to an aromatic ring is 1. The van der Waals surface area contributed by atoms with Gasteiger partial charge in [-0.3, -0.25) is 14.5 Å². The van der Waals surface area contributed by atoms with Gasteiger partial charge in [-0.15, -0.1) is 11.3 Å². The third-order valence-electron chi connectivity index (χ3n) is 10.4. The summed E-state index contributed by atoms with van der Waals surface area (Å²) >= 11 is 1.49. The highest BCUT2D eigenvalue weighted by Crippen LogP contribution is 2.42. The summed E-state index contributed by atoms with van der Waals surface area (Å²) in [5.41, 5.74) is 2.10. The van der Waals surface area contributed by atoms with Crippen molar-refractivity contribution in [1.29, 1.82) is 0 Å². The maximum absolute atomic E-state index is 14.0. The predicted molar refractivity (Wildman–Crippen MR) is 175 cm³/mol. The van der Waals surface area contributed by atoms with Crippen molar-refractivity contribution >= 4 is 40.6 Å². The molecule has 4 N–H and O–H groups in total. The zero-order valence-corrected chi connectivity index (χ0v) is 28.2. The minimum absolute atomic E-state index is 0.128. The molecule has 1 aromatic heterocycles. The first-order chi connectivity index (χ1) is 23.7. The average Bonchev–Trinajstić information content (AvgIpc) is 3.54. The normalized spacial score (nSPS) is 20.8. The summed E-state index contributed by atoms with van der Waals surface area (Å²) in [4.78, 5) is 47.7. The van der Waals surface area contributed by atoms with Gasteiger partial charge in [-0.25, -0.2) is 4.79 Å². The van der Waals surface area contributed by atoms with Gasteiger partial charge in [0.05, 0.1) is 35.0 Å². The Hall–Kier alpha value is -3.57. The van der Waals surface area contributed by atoms with E-state index in [-0.39, 0.29) is 37.1 Å². The Balaban J connectivity index is 1.18. The molecule has 6 rings (SSSR count). The first kappa shape index (κ1) is 36.2. The van der Waals surface area contributed by atoms with Crippen molar-refractivity contribution in [3.05, 3.63) is 45.1 Å². The molecule has 5 heterocycles. The van der Waals surface area contributed by atoms with Crippen LogP contribution in [-0.2, 0) is 34.9 Å². The number of carbonyl (C=O) groups is 3. The van der Waals surface area contributed by atoms with Gasteiger partial charge in [0, 0.05) is 68.7 Å². The molecule has 0 aliphatic carbocycles. The fourth-order valence-electron chi connectivity index (χ4n) is 7.63. The number of piperidine rings is 2. The van der Waals surface area contributed by atoms with Crippen molar-refractivity contribution in [2.75, 3.05) is 63.4 Å². The van der Waals surface area contributed by atoms with E-state index in [1.54, 1.807) is 14.7 Å². The van der Waals surface area contributed by atoms with E-state index in [0.717, 1.165) is 37.2 Å². The molecule has 3 fully saturated rings. The summed E-state index contributed by atoms with van der Waals surface area (Å²) in [5, 5.41) is 10.1. The van der Waals surface area contributed by atoms with E-state index in [4.69, 9.17) is 5.73 Å². The predicted octanol–water partition coefficient (Wildman–Crippen LogP) is 4.85. The van der Waals surface area contributed by atoms with Crippen molar-refractivity contribution in [2.24, 2.45) is 5.92 Å². The molecule has 0 unspecified atom stereocenters. The van der Waals surface area contributed by atoms with Crippen molar-refractivity contribution in [1.82, 2.24) is 24.9 Å². The van der Waals surface area contributed by atoms with Gasteiger partial charge in [0.1, 0.15) is 0 Å². The molecule has 0 spiro atoms. The lowest BCUT2D eigenvalue weighted by atomic mass is 9.90. The quantitative estimate of drug-likeness (QED) is 0.278. The smallest absolute Gasteiger partial charge is 0.398 e. The zero-order valence-electron chi connectivity index (χ0n) is 27.4. The molecule has 0 radical (unpaired) electrons. The average molecular weight is 730 g/mol. The molecule has 0 bridgehead atoms. The molecular formula is C33H41F6N7O3S. The molecule has 3 saturated heterocycles. The SMILES string of the molecule is Nc1c(C(F)(F)F)cc(C[C@@H](CC(=O)N2CCC(N3Cc4cscc4NC3=O)CC2)C(=O)N2CCN(C3CCNCC3)CC2)cc1C(F)(F)F. The van der Waals surface area contributed by atoms with Crippen LogP contribution in [0, 0.1) is 5.92 Å². The van der Waals surface area contributed by atoms with Crippen molar-refractivity contribution in [2.45, 2.75) is 69.5 Å². The van der Waals surface area contributed by atoms with Crippen LogP contribution in [0.15, 0.2) is 22.9 Å². The van der Waals surface area contributed by atoms with Crippen LogP contribution in [-0.4, -0.2) is 102 Å². The van der Waals surface area contributed by atoms with Gasteiger partial charge in [0.25, 0.3) is 0 Å². The van der Waals surface area contributed by atoms with E-state index in [0.29, 0.717) is 63.7 Å². The molecule has 4 aliphatic heterocycles. The highest BCUT2D eigenvalue weighted by Gasteiger charge is 2.42. The van der Waals surface area contributed by atoms with Crippen LogP contribution >= 0.6 is 11.3 Å². The topological polar surface area (TPSA) is 114 Å². The number of nitrogens with two attached hydrogens (primary N) is 1. The van der Waals surface area contributed by atoms with Crippen molar-refractivity contribution in [3.8, 4) is 0 Å². The summed E-state index contributed by atoms with van der Waals surface area (Å²) in [6.45, 7) is 4.67. The number of piperazine rings is 1. The van der Waals surface area contributed by atoms with Crippen LogP contribution in [0.1, 0.15) is 54.4 Å². The molecule has 2 aromatic rings. The fourth-order valence-corrected chi connectivity index (χ4v) is 8.41. The highest BCUT2D eigenvalue weighted by atomic mass is 32.1. The molecule has 4 aliphatic rings. The van der Waals surface area contributed by atoms with Crippen LogP contribution in [0.25, 0.3) is 0 Å². The number of benzene rings is 1. The maximum atomic E-state index is 14.0. The second kappa shape index (κ2) is 14.6. The maximum Gasteiger partial charge on any atom is 0.418 e. The van der Waals surface area contributed by atoms with E-state index in [2.05, 4.69) is 15.5 Å². The van der Waals surface area contributed by atoms with E-state index in [9.17, 15) is 40.7 Å². The summed E-state index contributed by atoms with van der Waals surface area (Å²) in [6.07, 6.45) is -8.30. The Bertz CT molecular complexity index is 1530. The number of hydrogen-bond acceptors (Lipinski definition) is 7. The number of fused-ring (bicyclic) bond motifs is 1. The summed E-state index contributed by atoms with van der Waals surface area (Å²) in [5.74, 6) is -2.09. The Kier molecular flexibility index (Phi) is 10.6. The number of amides is 4. The number of alkyl halides is 6. The number of nitrogens with one attached hydrogen (secondary N) is 2. The fraction of sp³-hybridized carbons (Fsp3) is 0.606. The van der Waals surface area contributed by atoms with E-state index in [1.165, 1.54) is 11.3 Å². The Morgan fingerprint density at radius 1 is 0.860 bits per heavy atom.